The number of nitrogens with zero attached hydrogens (tertiary/aromatic N) is 1. The number of nitrogens with one attached hydrogen (secondary N) is 1. The first-order valence-electron chi connectivity index (χ1n) is 7.10. The molecule has 1 fully saturated rings. The molecule has 0 aliphatic heterocycles. The van der Waals surface area contributed by atoms with Gasteiger partial charge >= 0.3 is 0 Å². The molecule has 1 unspecified atom stereocenters. The van der Waals surface area contributed by atoms with Gasteiger partial charge in [-0.2, -0.15) is 5.26 Å². The van der Waals surface area contributed by atoms with Gasteiger partial charge in [0.2, 0.25) is 5.91 Å². The van der Waals surface area contributed by atoms with Crippen molar-refractivity contribution >= 4 is 5.91 Å². The highest BCUT2D eigenvalue weighted by Gasteiger charge is 2.33. The topological polar surface area (TPSA) is 73.1 Å². The second kappa shape index (κ2) is 6.53. The van der Waals surface area contributed by atoms with Crippen molar-refractivity contribution in [2.75, 3.05) is 0 Å². The molecule has 1 aromatic carbocycles. The van der Waals surface area contributed by atoms with Crippen molar-refractivity contribution in [3.63, 3.8) is 0 Å². The van der Waals surface area contributed by atoms with Crippen LogP contribution in [-0.2, 0) is 4.79 Å². The molecule has 1 atom stereocenters. The summed E-state index contributed by atoms with van der Waals surface area (Å²) in [5.41, 5.74) is -0.0107. The maximum atomic E-state index is 12.0. The van der Waals surface area contributed by atoms with Gasteiger partial charge in [-0.3, -0.25) is 4.79 Å². The van der Waals surface area contributed by atoms with Gasteiger partial charge in [0.25, 0.3) is 0 Å². The quantitative estimate of drug-likeness (QED) is 0.884. The van der Waals surface area contributed by atoms with E-state index in [-0.39, 0.29) is 12.3 Å². The average Bonchev–Trinajstić information content (AvgIpc) is 2.49. The molecule has 1 amide bonds. The largest absolute Gasteiger partial charge is 0.388 e. The Bertz CT molecular complexity index is 487. The predicted octanol–water partition coefficient (Wildman–Crippen LogP) is 2.45. The fraction of sp³-hybridized carbons (Fsp3) is 0.500. The third kappa shape index (κ3) is 3.58. The SMILES string of the molecule is N#CC1(NC(=O)CC(O)c2ccccc2)CCCCC1. The molecule has 0 radical (unpaired) electrons. The normalized spacial score (nSPS) is 18.8. The number of nitriles is 1. The Morgan fingerprint density at radius 1 is 1.30 bits per heavy atom. The van der Waals surface area contributed by atoms with Crippen molar-refractivity contribution in [2.24, 2.45) is 0 Å². The number of benzene rings is 1. The summed E-state index contributed by atoms with van der Waals surface area (Å²) in [6.45, 7) is 0. The number of amides is 1. The molecule has 1 saturated carbocycles. The molecule has 0 saturated heterocycles. The van der Waals surface area contributed by atoms with Crippen LogP contribution in [0.4, 0.5) is 0 Å². The minimum absolute atomic E-state index is 0.00650. The van der Waals surface area contributed by atoms with E-state index < -0.39 is 11.6 Å². The van der Waals surface area contributed by atoms with Crippen LogP contribution in [0.3, 0.4) is 0 Å². The van der Waals surface area contributed by atoms with Gasteiger partial charge in [0.15, 0.2) is 0 Å². The molecule has 4 heteroatoms. The van der Waals surface area contributed by atoms with Gasteiger partial charge in [-0.05, 0) is 18.4 Å². The molecule has 106 valence electrons. The van der Waals surface area contributed by atoms with E-state index in [1.165, 1.54) is 0 Å². The Morgan fingerprint density at radius 3 is 2.55 bits per heavy atom. The molecule has 2 rings (SSSR count). The third-order valence-electron chi connectivity index (χ3n) is 3.86. The van der Waals surface area contributed by atoms with Crippen LogP contribution in [0.15, 0.2) is 30.3 Å². The Morgan fingerprint density at radius 2 is 1.95 bits per heavy atom. The van der Waals surface area contributed by atoms with E-state index in [1.54, 1.807) is 12.1 Å². The lowest BCUT2D eigenvalue weighted by Gasteiger charge is -2.31. The summed E-state index contributed by atoms with van der Waals surface area (Å²) in [5, 5.41) is 22.2. The number of aliphatic hydroxyl groups is 1. The Balaban J connectivity index is 1.93. The van der Waals surface area contributed by atoms with Crippen molar-refractivity contribution in [1.29, 1.82) is 5.26 Å². The first-order valence-corrected chi connectivity index (χ1v) is 7.10. The molecule has 1 aliphatic carbocycles. The maximum absolute atomic E-state index is 12.0. The summed E-state index contributed by atoms with van der Waals surface area (Å²) in [4.78, 5) is 12.0. The molecular formula is C16H20N2O2. The summed E-state index contributed by atoms with van der Waals surface area (Å²) in [6.07, 6.45) is 3.63. The zero-order valence-corrected chi connectivity index (χ0v) is 11.5. The summed E-state index contributed by atoms with van der Waals surface area (Å²) in [6, 6.07) is 11.3. The Hall–Kier alpha value is -1.86. The van der Waals surface area contributed by atoms with E-state index in [9.17, 15) is 15.2 Å². The zero-order chi connectivity index (χ0) is 14.4. The smallest absolute Gasteiger partial charge is 0.224 e. The molecule has 4 nitrogen and oxygen atoms in total. The third-order valence-corrected chi connectivity index (χ3v) is 3.86. The van der Waals surface area contributed by atoms with Crippen LogP contribution in [0, 0.1) is 11.3 Å². The number of carbonyl (C=O) groups is 1. The van der Waals surface area contributed by atoms with E-state index in [0.717, 1.165) is 24.8 Å². The van der Waals surface area contributed by atoms with E-state index >= 15 is 0 Å². The van der Waals surface area contributed by atoms with Crippen molar-refractivity contribution in [3.8, 4) is 6.07 Å². The average molecular weight is 272 g/mol. The van der Waals surface area contributed by atoms with Crippen molar-refractivity contribution < 1.29 is 9.90 Å². The summed E-state index contributed by atoms with van der Waals surface area (Å²) in [5.74, 6) is -0.259. The van der Waals surface area contributed by atoms with Crippen LogP contribution in [0.2, 0.25) is 0 Å². The second-order valence-corrected chi connectivity index (χ2v) is 5.43. The van der Waals surface area contributed by atoms with Gasteiger partial charge < -0.3 is 10.4 Å². The highest BCUT2D eigenvalue weighted by atomic mass is 16.3. The molecule has 1 aromatic rings. The fourth-order valence-corrected chi connectivity index (χ4v) is 2.71. The van der Waals surface area contributed by atoms with Gasteiger partial charge in [-0.15, -0.1) is 0 Å². The lowest BCUT2D eigenvalue weighted by atomic mass is 9.82. The number of hydrogen-bond acceptors (Lipinski definition) is 3. The monoisotopic (exact) mass is 272 g/mol. The van der Waals surface area contributed by atoms with Crippen LogP contribution < -0.4 is 5.32 Å². The first kappa shape index (κ1) is 14.5. The standard InChI is InChI=1S/C16H20N2O2/c17-12-16(9-5-2-6-10-16)18-15(20)11-14(19)13-7-3-1-4-8-13/h1,3-4,7-8,14,19H,2,5-6,9-11H2,(H,18,20). The van der Waals surface area contributed by atoms with Crippen molar-refractivity contribution in [1.82, 2.24) is 5.32 Å². The summed E-state index contributed by atoms with van der Waals surface area (Å²) >= 11 is 0. The van der Waals surface area contributed by atoms with E-state index in [0.29, 0.717) is 12.8 Å². The number of carbonyl (C=O) groups excluding carboxylic acids is 1. The molecule has 0 aromatic heterocycles. The summed E-state index contributed by atoms with van der Waals surface area (Å²) < 4.78 is 0. The molecule has 2 N–H and O–H groups in total. The molecule has 20 heavy (non-hydrogen) atoms. The molecule has 0 heterocycles. The Kier molecular flexibility index (Phi) is 4.75. The van der Waals surface area contributed by atoms with Gasteiger partial charge in [0.1, 0.15) is 5.54 Å². The molecular weight excluding hydrogens is 252 g/mol. The van der Waals surface area contributed by atoms with Crippen molar-refractivity contribution in [2.45, 2.75) is 50.2 Å². The van der Waals surface area contributed by atoms with Crippen LogP contribution in [0.1, 0.15) is 50.2 Å². The Labute approximate surface area is 119 Å². The first-order chi connectivity index (χ1) is 9.65. The van der Waals surface area contributed by atoms with Gasteiger partial charge in [-0.25, -0.2) is 0 Å². The number of aliphatic hydroxyl groups excluding tert-OH is 1. The molecule has 1 aliphatic rings. The van der Waals surface area contributed by atoms with Crippen LogP contribution >= 0.6 is 0 Å². The lowest BCUT2D eigenvalue weighted by Crippen LogP contribution is -2.48. The minimum Gasteiger partial charge on any atom is -0.388 e. The zero-order valence-electron chi connectivity index (χ0n) is 11.5. The van der Waals surface area contributed by atoms with Gasteiger partial charge in [-0.1, -0.05) is 49.6 Å². The fourth-order valence-electron chi connectivity index (χ4n) is 2.71. The minimum atomic E-state index is -0.824. The predicted molar refractivity (Wildman–Crippen MR) is 75.6 cm³/mol. The number of hydrogen-bond donors (Lipinski definition) is 2. The van der Waals surface area contributed by atoms with E-state index in [2.05, 4.69) is 11.4 Å². The van der Waals surface area contributed by atoms with E-state index in [4.69, 9.17) is 0 Å². The van der Waals surface area contributed by atoms with Crippen LogP contribution in [-0.4, -0.2) is 16.6 Å². The van der Waals surface area contributed by atoms with Crippen LogP contribution in [0.5, 0.6) is 0 Å². The van der Waals surface area contributed by atoms with Crippen molar-refractivity contribution in [3.05, 3.63) is 35.9 Å². The lowest BCUT2D eigenvalue weighted by molar-refractivity contribution is -0.124. The molecule has 0 bridgehead atoms. The van der Waals surface area contributed by atoms with Gasteiger partial charge in [0.05, 0.1) is 18.6 Å². The number of rotatable bonds is 4. The van der Waals surface area contributed by atoms with Gasteiger partial charge in [0, 0.05) is 0 Å². The maximum Gasteiger partial charge on any atom is 0.224 e. The van der Waals surface area contributed by atoms with Crippen LogP contribution in [0.25, 0.3) is 0 Å². The molecule has 0 spiro atoms. The highest BCUT2D eigenvalue weighted by molar-refractivity contribution is 5.78. The second-order valence-electron chi connectivity index (χ2n) is 5.43. The highest BCUT2D eigenvalue weighted by Crippen LogP contribution is 2.28. The van der Waals surface area contributed by atoms with E-state index in [1.807, 2.05) is 18.2 Å². The summed E-state index contributed by atoms with van der Waals surface area (Å²) in [7, 11) is 0.